The van der Waals surface area contributed by atoms with Gasteiger partial charge in [-0.15, -0.1) is 0 Å². The number of hydrazine groups is 1. The van der Waals surface area contributed by atoms with Gasteiger partial charge < -0.3 is 5.32 Å². The molecule has 0 aromatic rings. The minimum absolute atomic E-state index is 0.0884. The van der Waals surface area contributed by atoms with Crippen LogP contribution in [0.3, 0.4) is 0 Å². The minimum atomic E-state index is -0.457. The normalized spacial score (nSPS) is 12.8. The molecule has 0 aliphatic rings. The fraction of sp³-hybridized carbons (Fsp3) is 0.833. The lowest BCUT2D eigenvalue weighted by Gasteiger charge is -2.35. The van der Waals surface area contributed by atoms with Crippen LogP contribution >= 0.6 is 0 Å². The van der Waals surface area contributed by atoms with Crippen molar-refractivity contribution in [3.05, 3.63) is 0 Å². The van der Waals surface area contributed by atoms with Crippen molar-refractivity contribution in [1.82, 2.24) is 15.8 Å². The fourth-order valence-electron chi connectivity index (χ4n) is 1.42. The van der Waals surface area contributed by atoms with Crippen LogP contribution in [0.5, 0.6) is 0 Å². The summed E-state index contributed by atoms with van der Waals surface area (Å²) in [6.07, 6.45) is 1.77. The van der Waals surface area contributed by atoms with E-state index in [-0.39, 0.29) is 17.9 Å². The van der Waals surface area contributed by atoms with E-state index in [4.69, 9.17) is 0 Å². The molecule has 1 unspecified atom stereocenters. The molecular formula is C12H25N3O2. The summed E-state index contributed by atoms with van der Waals surface area (Å²) in [6, 6.07) is -0.311. The van der Waals surface area contributed by atoms with Crippen molar-refractivity contribution in [2.75, 3.05) is 7.05 Å². The summed E-state index contributed by atoms with van der Waals surface area (Å²) in [5.41, 5.74) is 2.22. The van der Waals surface area contributed by atoms with Crippen molar-refractivity contribution < 1.29 is 9.59 Å². The van der Waals surface area contributed by atoms with E-state index in [0.717, 1.165) is 12.8 Å². The molecule has 0 aliphatic carbocycles. The van der Waals surface area contributed by atoms with Gasteiger partial charge in [-0.1, -0.05) is 20.3 Å². The molecule has 0 aromatic carbocycles. The Morgan fingerprint density at radius 3 is 2.18 bits per heavy atom. The maximum Gasteiger partial charge on any atom is 0.336 e. The van der Waals surface area contributed by atoms with Crippen molar-refractivity contribution in [2.24, 2.45) is 5.92 Å². The predicted octanol–water partition coefficient (Wildman–Crippen LogP) is 1.89. The molecule has 0 saturated carbocycles. The highest BCUT2D eigenvalue weighted by molar-refractivity contribution is 5.82. The zero-order valence-electron chi connectivity index (χ0n) is 11.8. The van der Waals surface area contributed by atoms with Crippen LogP contribution < -0.4 is 10.7 Å². The van der Waals surface area contributed by atoms with Gasteiger partial charge in [-0.3, -0.25) is 10.2 Å². The predicted molar refractivity (Wildman–Crippen MR) is 68.3 cm³/mol. The van der Waals surface area contributed by atoms with Gasteiger partial charge in [0.25, 0.3) is 0 Å². The van der Waals surface area contributed by atoms with Gasteiger partial charge in [0.2, 0.25) is 5.91 Å². The van der Waals surface area contributed by atoms with Gasteiger partial charge >= 0.3 is 6.03 Å². The van der Waals surface area contributed by atoms with Gasteiger partial charge in [0, 0.05) is 13.0 Å². The maximum absolute atomic E-state index is 11.9. The van der Waals surface area contributed by atoms with Crippen LogP contribution in [0, 0.1) is 5.92 Å². The second-order valence-corrected chi connectivity index (χ2v) is 5.23. The van der Waals surface area contributed by atoms with Crippen LogP contribution in [0.25, 0.3) is 0 Å². The molecule has 0 fully saturated rings. The first-order chi connectivity index (χ1) is 7.73. The van der Waals surface area contributed by atoms with Gasteiger partial charge in [0.05, 0.1) is 5.54 Å². The Hall–Kier alpha value is -1.26. The number of nitrogens with zero attached hydrogens (tertiary/aromatic N) is 1. The van der Waals surface area contributed by atoms with Crippen LogP contribution in [-0.4, -0.2) is 29.5 Å². The number of hydrogen-bond acceptors (Lipinski definition) is 2. The number of urea groups is 1. The molecule has 1 atom stereocenters. The van der Waals surface area contributed by atoms with E-state index in [2.05, 4.69) is 10.7 Å². The number of carbonyl (C=O) groups is 2. The lowest BCUT2D eigenvalue weighted by Crippen LogP contribution is -2.59. The first-order valence-corrected chi connectivity index (χ1v) is 6.06. The number of nitrogens with one attached hydrogen (secondary N) is 2. The van der Waals surface area contributed by atoms with Crippen molar-refractivity contribution in [2.45, 2.75) is 53.0 Å². The second kappa shape index (κ2) is 6.47. The summed E-state index contributed by atoms with van der Waals surface area (Å²) in [6.45, 7) is 9.50. The highest BCUT2D eigenvalue weighted by Crippen LogP contribution is 2.12. The van der Waals surface area contributed by atoms with Crippen molar-refractivity contribution in [3.63, 3.8) is 0 Å². The number of amides is 3. The van der Waals surface area contributed by atoms with Crippen molar-refractivity contribution >= 4 is 11.9 Å². The lowest BCUT2D eigenvalue weighted by molar-refractivity contribution is -0.130. The van der Waals surface area contributed by atoms with Crippen molar-refractivity contribution in [1.29, 1.82) is 0 Å². The van der Waals surface area contributed by atoms with E-state index in [0.29, 0.717) is 0 Å². The summed E-state index contributed by atoms with van der Waals surface area (Å²) in [7, 11) is 1.54. The monoisotopic (exact) mass is 243 g/mol. The summed E-state index contributed by atoms with van der Waals surface area (Å²) in [5.74, 6) is -0.208. The molecule has 0 spiro atoms. The fourth-order valence-corrected chi connectivity index (χ4v) is 1.42. The third kappa shape index (κ3) is 5.06. The molecule has 5 nitrogen and oxygen atoms in total. The quantitative estimate of drug-likeness (QED) is 0.744. The Bertz CT molecular complexity index is 271. The SMILES string of the molecule is CCCC(C)C(=O)NN(C(=O)NC)C(C)(C)C. The molecular weight excluding hydrogens is 218 g/mol. The van der Waals surface area contributed by atoms with Crippen LogP contribution in [0.4, 0.5) is 4.79 Å². The number of carbonyl (C=O) groups excluding carboxylic acids is 2. The summed E-state index contributed by atoms with van der Waals surface area (Å²) >= 11 is 0. The van der Waals surface area contributed by atoms with Crippen LogP contribution in [0.1, 0.15) is 47.5 Å². The third-order valence-corrected chi connectivity index (χ3v) is 2.48. The Morgan fingerprint density at radius 1 is 1.29 bits per heavy atom. The minimum Gasteiger partial charge on any atom is -0.340 e. The Balaban J connectivity index is 4.66. The zero-order valence-corrected chi connectivity index (χ0v) is 11.8. The molecule has 5 heteroatoms. The van der Waals surface area contributed by atoms with Gasteiger partial charge in [-0.2, -0.15) is 0 Å². The van der Waals surface area contributed by atoms with E-state index in [9.17, 15) is 9.59 Å². The summed E-state index contributed by atoms with van der Waals surface area (Å²) < 4.78 is 0. The van der Waals surface area contributed by atoms with E-state index >= 15 is 0 Å². The molecule has 0 saturated heterocycles. The second-order valence-electron chi connectivity index (χ2n) is 5.23. The van der Waals surface area contributed by atoms with E-state index in [1.807, 2.05) is 34.6 Å². The first-order valence-electron chi connectivity index (χ1n) is 6.06. The molecule has 0 aromatic heterocycles. The average Bonchev–Trinajstić information content (AvgIpc) is 2.23. The van der Waals surface area contributed by atoms with Gasteiger partial charge in [-0.25, -0.2) is 9.80 Å². The summed E-state index contributed by atoms with van der Waals surface area (Å²) in [5, 5.41) is 3.85. The molecule has 0 aliphatic heterocycles. The first kappa shape index (κ1) is 15.7. The molecule has 0 radical (unpaired) electrons. The number of rotatable bonds is 3. The van der Waals surface area contributed by atoms with E-state index < -0.39 is 5.54 Å². The summed E-state index contributed by atoms with van der Waals surface area (Å²) in [4.78, 5) is 23.6. The van der Waals surface area contributed by atoms with Crippen LogP contribution in [-0.2, 0) is 4.79 Å². The highest BCUT2D eigenvalue weighted by atomic mass is 16.2. The lowest BCUT2D eigenvalue weighted by atomic mass is 10.1. The molecule has 3 amide bonds. The average molecular weight is 243 g/mol. The van der Waals surface area contributed by atoms with Crippen molar-refractivity contribution in [3.8, 4) is 0 Å². The molecule has 100 valence electrons. The largest absolute Gasteiger partial charge is 0.340 e. The zero-order chi connectivity index (χ0) is 13.6. The molecule has 0 heterocycles. The highest BCUT2D eigenvalue weighted by Gasteiger charge is 2.28. The third-order valence-electron chi connectivity index (χ3n) is 2.48. The van der Waals surface area contributed by atoms with Crippen LogP contribution in [0.15, 0.2) is 0 Å². The smallest absolute Gasteiger partial charge is 0.336 e. The van der Waals surface area contributed by atoms with E-state index in [1.165, 1.54) is 5.01 Å². The van der Waals surface area contributed by atoms with Gasteiger partial charge in [0.1, 0.15) is 0 Å². The molecule has 2 N–H and O–H groups in total. The van der Waals surface area contributed by atoms with Gasteiger partial charge in [-0.05, 0) is 27.2 Å². The molecule has 0 bridgehead atoms. The van der Waals surface area contributed by atoms with Crippen LogP contribution in [0.2, 0.25) is 0 Å². The standard InChI is InChI=1S/C12H25N3O2/c1-7-8-9(2)10(16)14-15(11(17)13-6)12(3,4)5/h9H,7-8H2,1-6H3,(H,13,17)(H,14,16). The maximum atomic E-state index is 11.9. The molecule has 17 heavy (non-hydrogen) atoms. The molecule has 0 rings (SSSR count). The topological polar surface area (TPSA) is 61.4 Å². The Labute approximate surface area is 104 Å². The Morgan fingerprint density at radius 2 is 1.82 bits per heavy atom. The Kier molecular flexibility index (Phi) is 5.99. The number of hydrogen-bond donors (Lipinski definition) is 2. The van der Waals surface area contributed by atoms with E-state index in [1.54, 1.807) is 7.05 Å². The van der Waals surface area contributed by atoms with Gasteiger partial charge in [0.15, 0.2) is 0 Å².